The van der Waals surface area contributed by atoms with Gasteiger partial charge >= 0.3 is 6.18 Å². The van der Waals surface area contributed by atoms with Crippen molar-refractivity contribution in [2.24, 2.45) is 0 Å². The SMILES string of the molecule is O=C(CC(=O)C(F)(F)F)c1ccc(-n2cccc2)cc1. The molecule has 2 aromatic rings. The zero-order chi connectivity index (χ0) is 14.8. The second-order valence-corrected chi connectivity index (χ2v) is 4.16. The molecule has 0 spiro atoms. The first-order chi connectivity index (χ1) is 9.38. The largest absolute Gasteiger partial charge is 0.450 e. The minimum absolute atomic E-state index is 0.0820. The van der Waals surface area contributed by atoms with Gasteiger partial charge in [-0.05, 0) is 36.4 Å². The number of carbonyl (C=O) groups is 2. The van der Waals surface area contributed by atoms with Crippen molar-refractivity contribution >= 4 is 11.6 Å². The Morgan fingerprint density at radius 3 is 2.05 bits per heavy atom. The summed E-state index contributed by atoms with van der Waals surface area (Å²) in [5.74, 6) is -2.87. The summed E-state index contributed by atoms with van der Waals surface area (Å²) < 4.78 is 38.0. The monoisotopic (exact) mass is 281 g/mol. The number of nitrogens with zero attached hydrogens (tertiary/aromatic N) is 1. The number of alkyl halides is 3. The van der Waals surface area contributed by atoms with E-state index in [1.807, 2.05) is 12.1 Å². The molecule has 0 saturated carbocycles. The van der Waals surface area contributed by atoms with E-state index in [2.05, 4.69) is 0 Å². The zero-order valence-corrected chi connectivity index (χ0v) is 10.2. The minimum Gasteiger partial charge on any atom is -0.324 e. The molecule has 0 amide bonds. The molecule has 0 aliphatic rings. The molecule has 6 heteroatoms. The molecule has 0 fully saturated rings. The van der Waals surface area contributed by atoms with Gasteiger partial charge in [0.15, 0.2) is 5.78 Å². The van der Waals surface area contributed by atoms with Gasteiger partial charge in [0.05, 0.1) is 6.42 Å². The highest BCUT2D eigenvalue weighted by atomic mass is 19.4. The summed E-state index contributed by atoms with van der Waals surface area (Å²) in [5.41, 5.74) is 0.854. The number of rotatable bonds is 4. The summed E-state index contributed by atoms with van der Waals surface area (Å²) in [6.07, 6.45) is -2.54. The average Bonchev–Trinajstić information content (AvgIpc) is 2.91. The molecule has 0 atom stereocenters. The van der Waals surface area contributed by atoms with Crippen molar-refractivity contribution in [3.8, 4) is 5.69 Å². The quantitative estimate of drug-likeness (QED) is 0.637. The molecule has 0 unspecified atom stereocenters. The van der Waals surface area contributed by atoms with E-state index in [0.29, 0.717) is 0 Å². The lowest BCUT2D eigenvalue weighted by atomic mass is 10.1. The van der Waals surface area contributed by atoms with E-state index in [4.69, 9.17) is 0 Å². The van der Waals surface area contributed by atoms with Crippen molar-refractivity contribution in [1.82, 2.24) is 4.57 Å². The smallest absolute Gasteiger partial charge is 0.324 e. The Kier molecular flexibility index (Phi) is 3.74. The van der Waals surface area contributed by atoms with Gasteiger partial charge in [0.25, 0.3) is 0 Å². The summed E-state index contributed by atoms with van der Waals surface area (Å²) in [6, 6.07) is 9.65. The third kappa shape index (κ3) is 3.14. The van der Waals surface area contributed by atoms with Crippen LogP contribution in [0.3, 0.4) is 0 Å². The molecule has 20 heavy (non-hydrogen) atoms. The van der Waals surface area contributed by atoms with Crippen LogP contribution in [0.15, 0.2) is 48.8 Å². The third-order valence-electron chi connectivity index (χ3n) is 2.73. The van der Waals surface area contributed by atoms with Crippen molar-refractivity contribution in [2.45, 2.75) is 12.6 Å². The molecule has 2 rings (SSSR count). The number of benzene rings is 1. The number of hydrogen-bond acceptors (Lipinski definition) is 2. The summed E-state index contributed by atoms with van der Waals surface area (Å²) in [6.45, 7) is 0. The predicted octanol–water partition coefficient (Wildman–Crippen LogP) is 3.18. The van der Waals surface area contributed by atoms with E-state index in [0.717, 1.165) is 5.69 Å². The highest BCUT2D eigenvalue weighted by Crippen LogP contribution is 2.19. The fourth-order valence-corrected chi connectivity index (χ4v) is 1.67. The van der Waals surface area contributed by atoms with E-state index in [9.17, 15) is 22.8 Å². The molecule has 1 heterocycles. The highest BCUT2D eigenvalue weighted by molar-refractivity contribution is 6.09. The maximum Gasteiger partial charge on any atom is 0.450 e. The van der Waals surface area contributed by atoms with E-state index in [1.165, 1.54) is 12.1 Å². The van der Waals surface area contributed by atoms with Crippen LogP contribution >= 0.6 is 0 Å². The van der Waals surface area contributed by atoms with Crippen molar-refractivity contribution in [3.63, 3.8) is 0 Å². The molecule has 0 radical (unpaired) electrons. The van der Waals surface area contributed by atoms with Gasteiger partial charge in [0.1, 0.15) is 0 Å². The van der Waals surface area contributed by atoms with Crippen LogP contribution in [-0.2, 0) is 4.79 Å². The number of halogens is 3. The topological polar surface area (TPSA) is 39.1 Å². The van der Waals surface area contributed by atoms with Crippen LogP contribution in [0.1, 0.15) is 16.8 Å². The van der Waals surface area contributed by atoms with E-state index < -0.39 is 24.2 Å². The van der Waals surface area contributed by atoms with Gasteiger partial charge in [-0.1, -0.05) is 0 Å². The Labute approximate surface area is 112 Å². The number of carbonyl (C=O) groups excluding carboxylic acids is 2. The molecule has 3 nitrogen and oxygen atoms in total. The number of aromatic nitrogens is 1. The van der Waals surface area contributed by atoms with Gasteiger partial charge < -0.3 is 4.57 Å². The maximum absolute atomic E-state index is 12.1. The molecule has 104 valence electrons. The van der Waals surface area contributed by atoms with E-state index in [1.54, 1.807) is 29.1 Å². The lowest BCUT2D eigenvalue weighted by Crippen LogP contribution is -2.25. The van der Waals surface area contributed by atoms with Crippen LogP contribution in [0.2, 0.25) is 0 Å². The fourth-order valence-electron chi connectivity index (χ4n) is 1.67. The van der Waals surface area contributed by atoms with Crippen LogP contribution < -0.4 is 0 Å². The predicted molar refractivity (Wildman–Crippen MR) is 65.8 cm³/mol. The molecule has 0 bridgehead atoms. The summed E-state index contributed by atoms with van der Waals surface area (Å²) in [4.78, 5) is 22.3. The summed E-state index contributed by atoms with van der Waals surface area (Å²) in [5, 5.41) is 0. The second-order valence-electron chi connectivity index (χ2n) is 4.16. The first kappa shape index (κ1) is 14.0. The maximum atomic E-state index is 12.1. The Hall–Kier alpha value is -2.37. The standard InChI is InChI=1S/C14H10F3NO2/c15-14(16,17)13(20)9-12(19)10-3-5-11(6-4-10)18-7-1-2-8-18/h1-8H,9H2. The highest BCUT2D eigenvalue weighted by Gasteiger charge is 2.39. The normalized spacial score (nSPS) is 11.3. The van der Waals surface area contributed by atoms with Gasteiger partial charge in [0.2, 0.25) is 5.78 Å². The minimum atomic E-state index is -4.97. The molecular formula is C14H10F3NO2. The lowest BCUT2D eigenvalue weighted by molar-refractivity contribution is -0.170. The third-order valence-corrected chi connectivity index (χ3v) is 2.73. The summed E-state index contributed by atoms with van der Waals surface area (Å²) >= 11 is 0. The van der Waals surface area contributed by atoms with Crippen LogP contribution in [0.4, 0.5) is 13.2 Å². The van der Waals surface area contributed by atoms with Crippen molar-refractivity contribution in [3.05, 3.63) is 54.4 Å². The van der Waals surface area contributed by atoms with Crippen molar-refractivity contribution in [1.29, 1.82) is 0 Å². The van der Waals surface area contributed by atoms with E-state index >= 15 is 0 Å². The van der Waals surface area contributed by atoms with Crippen LogP contribution in [0.25, 0.3) is 5.69 Å². The molecule has 0 aliphatic carbocycles. The Bertz CT molecular complexity index is 613. The lowest BCUT2D eigenvalue weighted by Gasteiger charge is -2.06. The van der Waals surface area contributed by atoms with Crippen LogP contribution in [0, 0.1) is 0 Å². The first-order valence-corrected chi connectivity index (χ1v) is 5.74. The summed E-state index contributed by atoms with van der Waals surface area (Å²) in [7, 11) is 0. The van der Waals surface area contributed by atoms with Crippen molar-refractivity contribution < 1.29 is 22.8 Å². The Morgan fingerprint density at radius 2 is 1.55 bits per heavy atom. The Morgan fingerprint density at radius 1 is 1.00 bits per heavy atom. The van der Waals surface area contributed by atoms with Gasteiger partial charge in [-0.3, -0.25) is 9.59 Å². The zero-order valence-electron chi connectivity index (χ0n) is 10.2. The molecule has 1 aromatic heterocycles. The van der Waals surface area contributed by atoms with Gasteiger partial charge in [-0.15, -0.1) is 0 Å². The molecule has 0 saturated heterocycles. The van der Waals surface area contributed by atoms with Gasteiger partial charge in [-0.25, -0.2) is 0 Å². The Balaban J connectivity index is 2.10. The van der Waals surface area contributed by atoms with Gasteiger partial charge in [-0.2, -0.15) is 13.2 Å². The van der Waals surface area contributed by atoms with Crippen molar-refractivity contribution in [2.75, 3.05) is 0 Å². The number of Topliss-reactive ketones (excluding diaryl/α,β-unsaturated/α-hetero) is 2. The van der Waals surface area contributed by atoms with Gasteiger partial charge in [0, 0.05) is 23.6 Å². The molecule has 0 N–H and O–H groups in total. The fraction of sp³-hybridized carbons (Fsp3) is 0.143. The molecule has 1 aromatic carbocycles. The second kappa shape index (κ2) is 5.32. The first-order valence-electron chi connectivity index (χ1n) is 5.74. The number of hydrogen-bond donors (Lipinski definition) is 0. The molecular weight excluding hydrogens is 271 g/mol. The average molecular weight is 281 g/mol. The number of ketones is 2. The molecule has 0 aliphatic heterocycles. The van der Waals surface area contributed by atoms with Crippen LogP contribution in [0.5, 0.6) is 0 Å². The van der Waals surface area contributed by atoms with Crippen LogP contribution in [-0.4, -0.2) is 22.3 Å². The van der Waals surface area contributed by atoms with E-state index in [-0.39, 0.29) is 5.56 Å².